The van der Waals surface area contributed by atoms with Gasteiger partial charge in [-0.2, -0.15) is 5.10 Å². The van der Waals surface area contributed by atoms with Crippen molar-refractivity contribution in [2.45, 2.75) is 41.0 Å². The molecule has 0 aliphatic carbocycles. The number of aryl methyl sites for hydroxylation is 3. The second-order valence-electron chi connectivity index (χ2n) is 6.20. The first-order valence-corrected chi connectivity index (χ1v) is 7.71. The molecule has 0 saturated heterocycles. The van der Waals surface area contributed by atoms with Gasteiger partial charge in [0.05, 0.1) is 5.69 Å². The molecule has 0 bridgehead atoms. The molecule has 4 nitrogen and oxygen atoms in total. The molecule has 0 aliphatic rings. The third kappa shape index (κ3) is 4.09. The lowest BCUT2D eigenvalue weighted by Gasteiger charge is -2.09. The van der Waals surface area contributed by atoms with Crippen LogP contribution in [0.5, 0.6) is 5.75 Å². The van der Waals surface area contributed by atoms with Crippen molar-refractivity contribution in [3.8, 4) is 5.75 Å². The Labute approximate surface area is 137 Å². The molecule has 0 spiro atoms. The zero-order valence-corrected chi connectivity index (χ0v) is 14.6. The lowest BCUT2D eigenvalue weighted by Crippen LogP contribution is -2.21. The molecule has 0 N–H and O–H groups in total. The van der Waals surface area contributed by atoms with Gasteiger partial charge >= 0.3 is 0 Å². The molecule has 2 aromatic rings. The van der Waals surface area contributed by atoms with E-state index in [1.54, 1.807) is 0 Å². The summed E-state index contributed by atoms with van der Waals surface area (Å²) in [6, 6.07) is 5.92. The second kappa shape index (κ2) is 6.82. The number of ether oxygens (including phenoxy) is 1. The Morgan fingerprint density at radius 1 is 1.17 bits per heavy atom. The van der Waals surface area contributed by atoms with Gasteiger partial charge in [-0.1, -0.05) is 18.2 Å². The number of nitrogens with zero attached hydrogens (tertiary/aromatic N) is 2. The van der Waals surface area contributed by atoms with Gasteiger partial charge in [0.25, 0.3) is 5.91 Å². The van der Waals surface area contributed by atoms with E-state index in [4.69, 9.17) is 4.74 Å². The van der Waals surface area contributed by atoms with Crippen LogP contribution in [0.25, 0.3) is 0 Å². The Morgan fingerprint density at radius 2 is 1.78 bits per heavy atom. The van der Waals surface area contributed by atoms with Gasteiger partial charge in [0.15, 0.2) is 6.61 Å². The van der Waals surface area contributed by atoms with Crippen LogP contribution in [0.15, 0.2) is 30.4 Å². The maximum atomic E-state index is 12.4. The van der Waals surface area contributed by atoms with Crippen molar-refractivity contribution in [1.29, 1.82) is 0 Å². The summed E-state index contributed by atoms with van der Waals surface area (Å²) >= 11 is 0. The number of aromatic nitrogens is 2. The Morgan fingerprint density at radius 3 is 2.35 bits per heavy atom. The van der Waals surface area contributed by atoms with Crippen LogP contribution < -0.4 is 4.74 Å². The Kier molecular flexibility index (Phi) is 5.04. The molecule has 122 valence electrons. The molecule has 0 aliphatic heterocycles. The van der Waals surface area contributed by atoms with E-state index in [9.17, 15) is 4.79 Å². The number of carbonyl (C=O) groups excluding carboxylic acids is 1. The van der Waals surface area contributed by atoms with E-state index in [1.165, 1.54) is 4.68 Å². The molecule has 0 amide bonds. The minimum Gasteiger partial charge on any atom is -0.484 e. The van der Waals surface area contributed by atoms with Crippen molar-refractivity contribution >= 4 is 5.91 Å². The summed E-state index contributed by atoms with van der Waals surface area (Å²) in [6.45, 7) is 13.7. The first-order chi connectivity index (χ1) is 10.8. The van der Waals surface area contributed by atoms with Crippen molar-refractivity contribution < 1.29 is 9.53 Å². The molecule has 0 unspecified atom stereocenters. The van der Waals surface area contributed by atoms with Gasteiger partial charge in [-0.15, -0.1) is 0 Å². The van der Waals surface area contributed by atoms with Crippen LogP contribution >= 0.6 is 0 Å². The molecular weight excluding hydrogens is 288 g/mol. The van der Waals surface area contributed by atoms with Crippen LogP contribution in [0.2, 0.25) is 0 Å². The van der Waals surface area contributed by atoms with Crippen LogP contribution in [0.1, 0.15) is 39.8 Å². The van der Waals surface area contributed by atoms with E-state index in [2.05, 4.69) is 17.7 Å². The van der Waals surface area contributed by atoms with Gasteiger partial charge < -0.3 is 4.74 Å². The molecule has 1 aromatic heterocycles. The van der Waals surface area contributed by atoms with Crippen molar-refractivity contribution in [1.82, 2.24) is 9.78 Å². The van der Waals surface area contributed by atoms with Gasteiger partial charge in [0.2, 0.25) is 0 Å². The first-order valence-electron chi connectivity index (χ1n) is 7.71. The van der Waals surface area contributed by atoms with Crippen molar-refractivity contribution in [3.63, 3.8) is 0 Å². The number of hydrogen-bond donors (Lipinski definition) is 0. The van der Waals surface area contributed by atoms with Gasteiger partial charge in [0.1, 0.15) is 5.75 Å². The summed E-state index contributed by atoms with van der Waals surface area (Å²) in [5.41, 5.74) is 6.07. The second-order valence-corrected chi connectivity index (χ2v) is 6.20. The Balaban J connectivity index is 2.13. The van der Waals surface area contributed by atoms with Gasteiger partial charge in [-0.05, 0) is 64.3 Å². The maximum absolute atomic E-state index is 12.4. The predicted octanol–water partition coefficient (Wildman–Crippen LogP) is 3.95. The van der Waals surface area contributed by atoms with Crippen molar-refractivity contribution in [2.75, 3.05) is 6.61 Å². The zero-order valence-electron chi connectivity index (χ0n) is 14.6. The maximum Gasteiger partial charge on any atom is 0.284 e. The van der Waals surface area contributed by atoms with E-state index >= 15 is 0 Å². The Hall–Kier alpha value is -2.36. The molecular formula is C19H24N2O2. The highest BCUT2D eigenvalue weighted by Crippen LogP contribution is 2.18. The molecule has 1 aromatic carbocycles. The monoisotopic (exact) mass is 312 g/mol. The van der Waals surface area contributed by atoms with Gasteiger partial charge in [-0.25, -0.2) is 4.68 Å². The standard InChI is InChI=1S/C19H24N2O2/c1-12(2)7-18-15(5)20-21(16(18)6)19(22)11-23-17-9-13(3)8-14(4)10-17/h8-10H,1,7,11H2,2-6H3. The third-order valence-electron chi connectivity index (χ3n) is 3.71. The number of benzene rings is 1. The molecule has 4 heteroatoms. The molecule has 23 heavy (non-hydrogen) atoms. The normalized spacial score (nSPS) is 10.7. The zero-order chi connectivity index (χ0) is 17.1. The predicted molar refractivity (Wildman–Crippen MR) is 92.3 cm³/mol. The summed E-state index contributed by atoms with van der Waals surface area (Å²) < 4.78 is 7.08. The fraction of sp³-hybridized carbons (Fsp3) is 0.368. The molecule has 0 fully saturated rings. The SMILES string of the molecule is C=C(C)Cc1c(C)nn(C(=O)COc2cc(C)cc(C)c2)c1C. The first kappa shape index (κ1) is 17.0. The van der Waals surface area contributed by atoms with E-state index in [1.807, 2.05) is 46.8 Å². The van der Waals surface area contributed by atoms with Gasteiger partial charge in [0, 0.05) is 11.3 Å². The average Bonchev–Trinajstić information content (AvgIpc) is 2.71. The topological polar surface area (TPSA) is 44.1 Å². The third-order valence-corrected chi connectivity index (χ3v) is 3.71. The number of carbonyl (C=O) groups is 1. The highest BCUT2D eigenvalue weighted by molar-refractivity contribution is 5.80. The van der Waals surface area contributed by atoms with E-state index in [0.717, 1.165) is 40.1 Å². The smallest absolute Gasteiger partial charge is 0.284 e. The van der Waals surface area contributed by atoms with E-state index in [-0.39, 0.29) is 12.5 Å². The summed E-state index contributed by atoms with van der Waals surface area (Å²) in [5, 5.41) is 4.36. The van der Waals surface area contributed by atoms with Crippen LogP contribution in [0, 0.1) is 27.7 Å². The average molecular weight is 312 g/mol. The molecule has 0 atom stereocenters. The Bertz CT molecular complexity index is 737. The van der Waals surface area contributed by atoms with Crippen LogP contribution in [0.3, 0.4) is 0 Å². The summed E-state index contributed by atoms with van der Waals surface area (Å²) in [6.07, 6.45) is 0.739. The number of rotatable bonds is 5. The van der Waals surface area contributed by atoms with Gasteiger partial charge in [-0.3, -0.25) is 4.79 Å². The lowest BCUT2D eigenvalue weighted by molar-refractivity contribution is 0.0818. The molecule has 0 saturated carbocycles. The molecule has 1 heterocycles. The van der Waals surface area contributed by atoms with Crippen LogP contribution in [-0.2, 0) is 6.42 Å². The van der Waals surface area contributed by atoms with E-state index in [0.29, 0.717) is 5.75 Å². The van der Waals surface area contributed by atoms with Crippen LogP contribution in [0.4, 0.5) is 0 Å². The fourth-order valence-corrected chi connectivity index (χ4v) is 2.70. The van der Waals surface area contributed by atoms with E-state index < -0.39 is 0 Å². The van der Waals surface area contributed by atoms with Crippen molar-refractivity contribution in [2.24, 2.45) is 0 Å². The number of allylic oxidation sites excluding steroid dienone is 1. The van der Waals surface area contributed by atoms with Crippen LogP contribution in [-0.4, -0.2) is 22.3 Å². The minimum atomic E-state index is -0.169. The largest absolute Gasteiger partial charge is 0.484 e. The quantitative estimate of drug-likeness (QED) is 0.785. The van der Waals surface area contributed by atoms with Crippen molar-refractivity contribution in [3.05, 3.63) is 58.4 Å². The minimum absolute atomic E-state index is 0.0304. The highest BCUT2D eigenvalue weighted by atomic mass is 16.5. The molecule has 2 rings (SSSR count). The summed E-state index contributed by atoms with van der Waals surface area (Å²) in [7, 11) is 0. The molecule has 0 radical (unpaired) electrons. The fourth-order valence-electron chi connectivity index (χ4n) is 2.70. The lowest BCUT2D eigenvalue weighted by atomic mass is 10.1. The summed E-state index contributed by atoms with van der Waals surface area (Å²) in [5.74, 6) is 0.539. The summed E-state index contributed by atoms with van der Waals surface area (Å²) in [4.78, 5) is 12.4. The number of hydrogen-bond acceptors (Lipinski definition) is 3. The highest BCUT2D eigenvalue weighted by Gasteiger charge is 2.17.